The zero-order valence-corrected chi connectivity index (χ0v) is 29.9. The van der Waals surface area contributed by atoms with E-state index in [1.54, 1.807) is 17.4 Å². The van der Waals surface area contributed by atoms with Crippen LogP contribution in [0.2, 0.25) is 0 Å². The van der Waals surface area contributed by atoms with Crippen LogP contribution in [0.3, 0.4) is 0 Å². The topological polar surface area (TPSA) is 101 Å². The van der Waals surface area contributed by atoms with Crippen molar-refractivity contribution in [1.29, 1.82) is 0 Å². The van der Waals surface area contributed by atoms with Gasteiger partial charge in [-0.05, 0) is 154 Å². The highest BCUT2D eigenvalue weighted by molar-refractivity contribution is 7.15. The molecular weight excluding hydrogens is 657 g/mol. The number of nitrogens with zero attached hydrogens (tertiary/aromatic N) is 2. The number of thiophene rings is 1. The molecule has 1 saturated heterocycles. The molecule has 8 nitrogen and oxygen atoms in total. The molecule has 1 aliphatic heterocycles. The van der Waals surface area contributed by atoms with Crippen molar-refractivity contribution in [3.63, 3.8) is 0 Å². The SMILES string of the molecule is Cc1cc(/C=C2\C(=O)NC(=O)N(c3ccc(C45CC6CC(CC(C6)C4)C5)cc3)C2=O)c(C)n1-c1sc2c(c1C(=O)Nc1ccccc1)CCCC2. The smallest absolute Gasteiger partial charge is 0.322 e. The molecule has 0 unspecified atom stereocenters. The van der Waals surface area contributed by atoms with Crippen molar-refractivity contribution in [2.24, 2.45) is 17.8 Å². The highest BCUT2D eigenvalue weighted by Gasteiger charge is 2.51. The van der Waals surface area contributed by atoms with Crippen LogP contribution in [0.15, 0.2) is 66.2 Å². The van der Waals surface area contributed by atoms with E-state index in [2.05, 4.69) is 27.3 Å². The largest absolute Gasteiger partial charge is 0.335 e. The minimum Gasteiger partial charge on any atom is -0.322 e. The van der Waals surface area contributed by atoms with E-state index in [0.717, 1.165) is 76.0 Å². The van der Waals surface area contributed by atoms with Gasteiger partial charge in [0, 0.05) is 22.0 Å². The normalized spacial score (nSPS) is 26.1. The Morgan fingerprint density at radius 2 is 1.57 bits per heavy atom. The quantitative estimate of drug-likeness (QED) is 0.156. The lowest BCUT2D eigenvalue weighted by atomic mass is 9.48. The maximum absolute atomic E-state index is 14.0. The third kappa shape index (κ3) is 5.39. The molecule has 2 aromatic carbocycles. The summed E-state index contributed by atoms with van der Waals surface area (Å²) in [5, 5.41) is 6.34. The van der Waals surface area contributed by atoms with Crippen molar-refractivity contribution < 1.29 is 19.2 Å². The van der Waals surface area contributed by atoms with E-state index < -0.39 is 17.8 Å². The van der Waals surface area contributed by atoms with E-state index in [-0.39, 0.29) is 16.9 Å². The maximum atomic E-state index is 14.0. The molecule has 10 rings (SSSR count). The number of rotatable bonds is 6. The number of urea groups is 1. The first-order chi connectivity index (χ1) is 24.7. The second-order valence-electron chi connectivity index (χ2n) is 15.6. The minimum atomic E-state index is -0.742. The zero-order chi connectivity index (χ0) is 35.0. The molecule has 3 heterocycles. The number of barbiturate groups is 1. The molecule has 4 saturated carbocycles. The predicted molar refractivity (Wildman–Crippen MR) is 199 cm³/mol. The van der Waals surface area contributed by atoms with E-state index >= 15 is 0 Å². The Labute approximate surface area is 301 Å². The first-order valence-corrected chi connectivity index (χ1v) is 19.2. The van der Waals surface area contributed by atoms with Gasteiger partial charge in [-0.25, -0.2) is 9.69 Å². The van der Waals surface area contributed by atoms with Gasteiger partial charge in [-0.3, -0.25) is 19.7 Å². The zero-order valence-electron chi connectivity index (χ0n) is 29.1. The number of carbonyl (C=O) groups excluding carboxylic acids is 4. The summed E-state index contributed by atoms with van der Waals surface area (Å²) in [4.78, 5) is 56.6. The highest BCUT2D eigenvalue weighted by Crippen LogP contribution is 2.60. The predicted octanol–water partition coefficient (Wildman–Crippen LogP) is 8.42. The number of amides is 5. The molecule has 4 bridgehead atoms. The minimum absolute atomic E-state index is 0.104. The van der Waals surface area contributed by atoms with Gasteiger partial charge in [0.05, 0.1) is 11.3 Å². The van der Waals surface area contributed by atoms with Crippen molar-refractivity contribution in [2.45, 2.75) is 83.5 Å². The van der Waals surface area contributed by atoms with Gasteiger partial charge in [-0.1, -0.05) is 30.3 Å². The van der Waals surface area contributed by atoms with Gasteiger partial charge < -0.3 is 9.88 Å². The first kappa shape index (κ1) is 32.2. The fourth-order valence-corrected chi connectivity index (χ4v) is 11.9. The van der Waals surface area contributed by atoms with Gasteiger partial charge in [-0.2, -0.15) is 0 Å². The molecule has 9 heteroatoms. The molecule has 51 heavy (non-hydrogen) atoms. The third-order valence-corrected chi connectivity index (χ3v) is 13.5. The second kappa shape index (κ2) is 12.2. The summed E-state index contributed by atoms with van der Waals surface area (Å²) >= 11 is 1.64. The van der Waals surface area contributed by atoms with Gasteiger partial charge >= 0.3 is 6.03 Å². The first-order valence-electron chi connectivity index (χ1n) is 18.4. The summed E-state index contributed by atoms with van der Waals surface area (Å²) in [6.45, 7) is 3.91. The van der Waals surface area contributed by atoms with Crippen molar-refractivity contribution in [1.82, 2.24) is 9.88 Å². The molecule has 5 fully saturated rings. The Hall–Kier alpha value is -4.76. The fraction of sp³-hybridized carbons (Fsp3) is 0.381. The number of aromatic nitrogens is 1. The molecule has 0 radical (unpaired) electrons. The third-order valence-electron chi connectivity index (χ3n) is 12.3. The van der Waals surface area contributed by atoms with Gasteiger partial charge in [0.2, 0.25) is 0 Å². The van der Waals surface area contributed by atoms with Crippen LogP contribution < -0.4 is 15.5 Å². The molecule has 2 aromatic heterocycles. The van der Waals surface area contributed by atoms with Crippen LogP contribution in [0, 0.1) is 31.6 Å². The molecule has 5 amide bonds. The maximum Gasteiger partial charge on any atom is 0.335 e. The molecule has 2 N–H and O–H groups in total. The molecule has 0 spiro atoms. The van der Waals surface area contributed by atoms with Crippen LogP contribution >= 0.6 is 11.3 Å². The lowest BCUT2D eigenvalue weighted by Gasteiger charge is -2.57. The number of para-hydroxylation sites is 1. The van der Waals surface area contributed by atoms with Crippen LogP contribution in [-0.4, -0.2) is 28.3 Å². The molecule has 4 aromatic rings. The van der Waals surface area contributed by atoms with Gasteiger partial charge in [-0.15, -0.1) is 11.3 Å². The summed E-state index contributed by atoms with van der Waals surface area (Å²) in [5.74, 6) is 0.933. The second-order valence-corrected chi connectivity index (χ2v) is 16.7. The van der Waals surface area contributed by atoms with Crippen molar-refractivity contribution in [2.75, 3.05) is 10.2 Å². The summed E-state index contributed by atoms with van der Waals surface area (Å²) < 4.78 is 2.06. The summed E-state index contributed by atoms with van der Waals surface area (Å²) in [7, 11) is 0. The number of fused-ring (bicyclic) bond motifs is 1. The standard InChI is InChI=1S/C42H42N4O4S/c1-24-16-29(25(2)45(24)40-36(33-10-6-7-11-35(33)51-40)38(48)43-31-8-4-3-5-9-31)20-34-37(47)44-41(50)46(39(34)49)32-14-12-30(13-15-32)42-21-26-17-27(22-42)19-28(18-26)23-42/h3-5,8-9,12-16,20,26-28H,6-7,10-11,17-19,21-23H2,1-2H3,(H,43,48)(H,44,47,50)/b34-20+. The van der Waals surface area contributed by atoms with Crippen molar-refractivity contribution in [3.8, 4) is 5.00 Å². The van der Waals surface area contributed by atoms with Crippen LogP contribution in [0.25, 0.3) is 11.1 Å². The van der Waals surface area contributed by atoms with E-state index in [1.807, 2.05) is 62.4 Å². The van der Waals surface area contributed by atoms with E-state index in [9.17, 15) is 19.2 Å². The monoisotopic (exact) mass is 698 g/mol. The number of hydrogen-bond acceptors (Lipinski definition) is 5. The lowest BCUT2D eigenvalue weighted by Crippen LogP contribution is -2.54. The number of aryl methyl sites for hydroxylation is 2. The van der Waals surface area contributed by atoms with Crippen molar-refractivity contribution in [3.05, 3.63) is 105 Å². The van der Waals surface area contributed by atoms with Gasteiger partial charge in [0.1, 0.15) is 10.6 Å². The number of nitrogens with one attached hydrogen (secondary N) is 2. The fourth-order valence-electron chi connectivity index (χ4n) is 10.4. The highest BCUT2D eigenvalue weighted by atomic mass is 32.1. The van der Waals surface area contributed by atoms with Crippen LogP contribution in [-0.2, 0) is 27.8 Å². The Morgan fingerprint density at radius 3 is 2.25 bits per heavy atom. The Kier molecular flexibility index (Phi) is 7.69. The number of imide groups is 2. The van der Waals surface area contributed by atoms with Crippen LogP contribution in [0.5, 0.6) is 0 Å². The van der Waals surface area contributed by atoms with E-state index in [0.29, 0.717) is 16.8 Å². The van der Waals surface area contributed by atoms with Gasteiger partial charge in [0.25, 0.3) is 17.7 Å². The summed E-state index contributed by atoms with van der Waals surface area (Å²) in [5.41, 5.74) is 6.74. The van der Waals surface area contributed by atoms with Gasteiger partial charge in [0.15, 0.2) is 0 Å². The number of hydrogen-bond donors (Lipinski definition) is 2. The molecule has 0 atom stereocenters. The van der Waals surface area contributed by atoms with Crippen LogP contribution in [0.1, 0.15) is 94.7 Å². The lowest BCUT2D eigenvalue weighted by molar-refractivity contribution is -0.122. The summed E-state index contributed by atoms with van der Waals surface area (Å²) in [6.07, 6.45) is 13.3. The van der Waals surface area contributed by atoms with Crippen LogP contribution in [0.4, 0.5) is 16.2 Å². The van der Waals surface area contributed by atoms with Crippen molar-refractivity contribution >= 4 is 52.5 Å². The molecule has 5 aliphatic carbocycles. The molecule has 6 aliphatic rings. The number of carbonyl (C=O) groups is 4. The number of benzene rings is 2. The average molecular weight is 699 g/mol. The van der Waals surface area contributed by atoms with E-state index in [4.69, 9.17) is 0 Å². The van der Waals surface area contributed by atoms with E-state index in [1.165, 1.54) is 49.0 Å². The molecule has 260 valence electrons. The average Bonchev–Trinajstić information content (AvgIpc) is 3.62. The Morgan fingerprint density at radius 1 is 0.902 bits per heavy atom. The Balaban J connectivity index is 1.03. The Bertz CT molecular complexity index is 2100. The molecular formula is C42H42N4O4S. The number of anilines is 2. The summed E-state index contributed by atoms with van der Waals surface area (Å²) in [6, 6.07) is 18.6.